The standard InChI is InChI=1S/C17H17N3O5/c1-2-18(12-13-6-4-3-5-7-13)17(21)10-14-8-9-15(19(22)23)11-16(14)20(24)25/h3-9,11H,2,10,12H2,1H3. The highest BCUT2D eigenvalue weighted by atomic mass is 16.6. The van der Waals surface area contributed by atoms with Crippen molar-refractivity contribution in [2.45, 2.75) is 19.9 Å². The second-order valence-electron chi connectivity index (χ2n) is 5.40. The Hall–Kier alpha value is -3.29. The van der Waals surface area contributed by atoms with E-state index in [1.807, 2.05) is 37.3 Å². The average Bonchev–Trinajstić information content (AvgIpc) is 2.60. The second-order valence-corrected chi connectivity index (χ2v) is 5.40. The van der Waals surface area contributed by atoms with Crippen LogP contribution in [0.25, 0.3) is 0 Å². The van der Waals surface area contributed by atoms with Crippen molar-refractivity contribution in [2.75, 3.05) is 6.54 Å². The lowest BCUT2D eigenvalue weighted by molar-refractivity contribution is -0.394. The minimum Gasteiger partial charge on any atom is -0.338 e. The first-order chi connectivity index (χ1) is 11.9. The van der Waals surface area contributed by atoms with E-state index in [9.17, 15) is 25.0 Å². The zero-order valence-electron chi connectivity index (χ0n) is 13.6. The molecular formula is C17H17N3O5. The van der Waals surface area contributed by atoms with E-state index in [1.54, 1.807) is 4.90 Å². The molecule has 1 amide bonds. The van der Waals surface area contributed by atoms with Gasteiger partial charge in [0.2, 0.25) is 5.91 Å². The van der Waals surface area contributed by atoms with Crippen LogP contribution in [0.5, 0.6) is 0 Å². The van der Waals surface area contributed by atoms with Crippen LogP contribution in [0, 0.1) is 20.2 Å². The topological polar surface area (TPSA) is 107 Å². The third-order valence-corrected chi connectivity index (χ3v) is 3.77. The highest BCUT2D eigenvalue weighted by Gasteiger charge is 2.23. The molecule has 0 heterocycles. The van der Waals surface area contributed by atoms with Crippen LogP contribution in [0.4, 0.5) is 11.4 Å². The molecule has 0 aliphatic carbocycles. The van der Waals surface area contributed by atoms with Crippen molar-refractivity contribution in [3.8, 4) is 0 Å². The molecule has 8 nitrogen and oxygen atoms in total. The zero-order valence-corrected chi connectivity index (χ0v) is 13.6. The number of carbonyl (C=O) groups is 1. The van der Waals surface area contributed by atoms with Gasteiger partial charge < -0.3 is 4.90 Å². The summed E-state index contributed by atoms with van der Waals surface area (Å²) in [4.78, 5) is 34.6. The van der Waals surface area contributed by atoms with Gasteiger partial charge in [-0.05, 0) is 18.6 Å². The fourth-order valence-corrected chi connectivity index (χ4v) is 2.44. The molecule has 2 aromatic rings. The molecule has 0 fully saturated rings. The van der Waals surface area contributed by atoms with Crippen molar-refractivity contribution in [1.29, 1.82) is 0 Å². The first kappa shape index (κ1) is 18.1. The number of hydrogen-bond acceptors (Lipinski definition) is 5. The molecule has 0 spiro atoms. The van der Waals surface area contributed by atoms with Gasteiger partial charge in [0, 0.05) is 24.7 Å². The molecule has 0 saturated heterocycles. The number of nitrogens with zero attached hydrogens (tertiary/aromatic N) is 3. The number of rotatable bonds is 7. The maximum Gasteiger partial charge on any atom is 0.279 e. The Morgan fingerprint density at radius 3 is 2.28 bits per heavy atom. The molecule has 0 bridgehead atoms. The summed E-state index contributed by atoms with van der Waals surface area (Å²) in [6, 6.07) is 12.7. The van der Waals surface area contributed by atoms with Crippen molar-refractivity contribution in [2.24, 2.45) is 0 Å². The fourth-order valence-electron chi connectivity index (χ4n) is 2.44. The SMILES string of the molecule is CCN(Cc1ccccc1)C(=O)Cc1ccc([N+](=O)[O-])cc1[N+](=O)[O-]. The summed E-state index contributed by atoms with van der Waals surface area (Å²) in [6.45, 7) is 2.68. The predicted molar refractivity (Wildman–Crippen MR) is 91.0 cm³/mol. The van der Waals surface area contributed by atoms with Crippen LogP contribution in [0.15, 0.2) is 48.5 Å². The van der Waals surface area contributed by atoms with E-state index < -0.39 is 15.5 Å². The maximum atomic E-state index is 12.5. The summed E-state index contributed by atoms with van der Waals surface area (Å²) in [5, 5.41) is 21.9. The average molecular weight is 343 g/mol. The minimum atomic E-state index is -0.705. The van der Waals surface area contributed by atoms with Crippen LogP contribution in [0.1, 0.15) is 18.1 Å². The molecule has 0 aromatic heterocycles. The Kier molecular flexibility index (Phi) is 5.78. The van der Waals surface area contributed by atoms with E-state index in [-0.39, 0.29) is 23.6 Å². The summed E-state index contributed by atoms with van der Waals surface area (Å²) in [6.07, 6.45) is -0.186. The van der Waals surface area contributed by atoms with Gasteiger partial charge in [0.1, 0.15) is 0 Å². The van der Waals surface area contributed by atoms with Gasteiger partial charge in [0.05, 0.1) is 22.3 Å². The molecule has 8 heteroatoms. The second kappa shape index (κ2) is 8.00. The smallest absolute Gasteiger partial charge is 0.279 e. The van der Waals surface area contributed by atoms with E-state index in [0.717, 1.165) is 11.6 Å². The van der Waals surface area contributed by atoms with Gasteiger partial charge in [0.25, 0.3) is 11.4 Å². The zero-order chi connectivity index (χ0) is 18.4. The fraction of sp³-hybridized carbons (Fsp3) is 0.235. The van der Waals surface area contributed by atoms with Crippen molar-refractivity contribution in [3.05, 3.63) is 79.9 Å². The molecule has 0 saturated carbocycles. The van der Waals surface area contributed by atoms with Crippen molar-refractivity contribution < 1.29 is 14.6 Å². The number of hydrogen-bond donors (Lipinski definition) is 0. The molecule has 2 rings (SSSR count). The van der Waals surface area contributed by atoms with E-state index in [4.69, 9.17) is 0 Å². The number of nitro groups is 2. The Labute approximate surface area is 144 Å². The Balaban J connectivity index is 2.20. The summed E-state index contributed by atoms with van der Waals surface area (Å²) in [7, 11) is 0. The number of non-ortho nitro benzene ring substituents is 1. The number of carbonyl (C=O) groups excluding carboxylic acids is 1. The molecule has 0 radical (unpaired) electrons. The molecule has 0 atom stereocenters. The number of likely N-dealkylation sites (N-methyl/N-ethyl adjacent to an activating group) is 1. The normalized spacial score (nSPS) is 10.3. The van der Waals surface area contributed by atoms with E-state index in [1.165, 1.54) is 12.1 Å². The van der Waals surface area contributed by atoms with Crippen LogP contribution < -0.4 is 0 Å². The number of benzene rings is 2. The van der Waals surface area contributed by atoms with Gasteiger partial charge in [-0.3, -0.25) is 25.0 Å². The van der Waals surface area contributed by atoms with Crippen molar-refractivity contribution in [1.82, 2.24) is 4.90 Å². The van der Waals surface area contributed by atoms with Gasteiger partial charge in [-0.2, -0.15) is 0 Å². The lowest BCUT2D eigenvalue weighted by Gasteiger charge is -2.21. The summed E-state index contributed by atoms with van der Waals surface area (Å²) in [5.41, 5.74) is 0.320. The van der Waals surface area contributed by atoms with Crippen LogP contribution in [0.3, 0.4) is 0 Å². The van der Waals surface area contributed by atoms with E-state index >= 15 is 0 Å². The summed E-state index contributed by atoms with van der Waals surface area (Å²) in [5.74, 6) is -0.275. The minimum absolute atomic E-state index is 0.159. The lowest BCUT2D eigenvalue weighted by atomic mass is 10.1. The molecule has 2 aromatic carbocycles. The number of amides is 1. The quantitative estimate of drug-likeness (QED) is 0.567. The summed E-state index contributed by atoms with van der Waals surface area (Å²) < 4.78 is 0. The Morgan fingerprint density at radius 1 is 1.04 bits per heavy atom. The Morgan fingerprint density at radius 2 is 1.72 bits per heavy atom. The summed E-state index contributed by atoms with van der Waals surface area (Å²) >= 11 is 0. The Bertz CT molecular complexity index is 792. The maximum absolute atomic E-state index is 12.5. The highest BCUT2D eigenvalue weighted by Crippen LogP contribution is 2.25. The highest BCUT2D eigenvalue weighted by molar-refractivity contribution is 5.80. The van der Waals surface area contributed by atoms with Gasteiger partial charge in [0.15, 0.2) is 0 Å². The van der Waals surface area contributed by atoms with Gasteiger partial charge in [-0.1, -0.05) is 30.3 Å². The molecule has 0 aliphatic heterocycles. The third-order valence-electron chi connectivity index (χ3n) is 3.77. The van der Waals surface area contributed by atoms with Crippen LogP contribution in [-0.4, -0.2) is 27.2 Å². The van der Waals surface area contributed by atoms with Crippen molar-refractivity contribution >= 4 is 17.3 Å². The lowest BCUT2D eigenvalue weighted by Crippen LogP contribution is -2.31. The molecule has 0 N–H and O–H groups in total. The first-order valence-corrected chi connectivity index (χ1v) is 7.65. The van der Waals surface area contributed by atoms with Gasteiger partial charge >= 0.3 is 0 Å². The molecule has 0 aliphatic rings. The van der Waals surface area contributed by atoms with E-state index in [0.29, 0.717) is 13.1 Å². The largest absolute Gasteiger partial charge is 0.338 e. The molecular weight excluding hydrogens is 326 g/mol. The first-order valence-electron chi connectivity index (χ1n) is 7.65. The monoisotopic (exact) mass is 343 g/mol. The number of nitro benzene ring substituents is 2. The molecule has 0 unspecified atom stereocenters. The van der Waals surface area contributed by atoms with Crippen LogP contribution >= 0.6 is 0 Å². The molecule has 25 heavy (non-hydrogen) atoms. The van der Waals surface area contributed by atoms with Crippen molar-refractivity contribution in [3.63, 3.8) is 0 Å². The van der Waals surface area contributed by atoms with Crippen LogP contribution in [0.2, 0.25) is 0 Å². The predicted octanol–water partition coefficient (Wildman–Crippen LogP) is 3.09. The van der Waals surface area contributed by atoms with E-state index in [2.05, 4.69) is 0 Å². The molecule has 130 valence electrons. The van der Waals surface area contributed by atoms with Gasteiger partial charge in [-0.15, -0.1) is 0 Å². The van der Waals surface area contributed by atoms with Gasteiger partial charge in [-0.25, -0.2) is 0 Å². The third kappa shape index (κ3) is 4.60. The van der Waals surface area contributed by atoms with Crippen LogP contribution in [-0.2, 0) is 17.8 Å².